The van der Waals surface area contributed by atoms with Crippen molar-refractivity contribution >= 4 is 33.3 Å². The molecule has 0 saturated carbocycles. The molecule has 0 N–H and O–H groups in total. The van der Waals surface area contributed by atoms with E-state index in [0.717, 1.165) is 32.9 Å². The highest BCUT2D eigenvalue weighted by Crippen LogP contribution is 2.24. The number of aromatic nitrogens is 4. The van der Waals surface area contributed by atoms with Crippen LogP contribution in [0.15, 0.2) is 41.3 Å². The maximum atomic E-state index is 5.94. The van der Waals surface area contributed by atoms with Crippen molar-refractivity contribution in [2.24, 2.45) is 0 Å². The van der Waals surface area contributed by atoms with Gasteiger partial charge in [-0.3, -0.25) is 4.98 Å². The fourth-order valence-corrected chi connectivity index (χ4v) is 2.89. The van der Waals surface area contributed by atoms with E-state index in [4.69, 9.17) is 4.74 Å². The van der Waals surface area contributed by atoms with Gasteiger partial charge in [-0.05, 0) is 39.4 Å². The van der Waals surface area contributed by atoms with E-state index in [2.05, 4.69) is 37.9 Å². The molecule has 0 saturated heterocycles. The van der Waals surface area contributed by atoms with Gasteiger partial charge in [0.1, 0.15) is 6.61 Å². The lowest BCUT2D eigenvalue weighted by atomic mass is 10.3. The Morgan fingerprint density at radius 3 is 2.91 bits per heavy atom. The number of halogens is 1. The van der Waals surface area contributed by atoms with Crippen molar-refractivity contribution in [3.05, 3.63) is 52.5 Å². The van der Waals surface area contributed by atoms with Crippen LogP contribution in [-0.2, 0) is 12.4 Å². The second-order valence-electron chi connectivity index (χ2n) is 4.59. The molecule has 0 aliphatic heterocycles. The van der Waals surface area contributed by atoms with E-state index in [9.17, 15) is 0 Å². The first-order valence-electron chi connectivity index (χ1n) is 6.90. The molecule has 0 amide bonds. The SMILES string of the molecule is CCSCc1cc(OCc2ccncc2)n2ncc(Br)c2n1. The highest BCUT2D eigenvalue weighted by Gasteiger charge is 2.11. The molecular weight excluding hydrogens is 364 g/mol. The van der Waals surface area contributed by atoms with Gasteiger partial charge in [0.2, 0.25) is 5.88 Å². The zero-order chi connectivity index (χ0) is 15.4. The number of nitrogens with zero attached hydrogens (tertiary/aromatic N) is 4. The Bertz CT molecular complexity index is 763. The standard InChI is InChI=1S/C15H15BrN4OS/c1-2-22-10-12-7-14(20-15(19-12)13(16)8-18-20)21-9-11-3-5-17-6-4-11/h3-8H,2,9-10H2,1H3. The molecule has 7 heteroatoms. The van der Waals surface area contributed by atoms with Crippen molar-refractivity contribution in [1.82, 2.24) is 19.6 Å². The summed E-state index contributed by atoms with van der Waals surface area (Å²) in [6.07, 6.45) is 5.25. The number of thioether (sulfide) groups is 1. The van der Waals surface area contributed by atoms with Gasteiger partial charge in [0, 0.05) is 24.2 Å². The highest BCUT2D eigenvalue weighted by atomic mass is 79.9. The molecule has 3 rings (SSSR count). The number of rotatable bonds is 6. The number of pyridine rings is 1. The second kappa shape index (κ2) is 7.11. The summed E-state index contributed by atoms with van der Waals surface area (Å²) in [5.74, 6) is 2.61. The van der Waals surface area contributed by atoms with Crippen LogP contribution >= 0.6 is 27.7 Å². The average Bonchev–Trinajstić information content (AvgIpc) is 2.93. The predicted molar refractivity (Wildman–Crippen MR) is 91.1 cm³/mol. The van der Waals surface area contributed by atoms with Gasteiger partial charge in [0.15, 0.2) is 5.65 Å². The summed E-state index contributed by atoms with van der Waals surface area (Å²) >= 11 is 5.31. The van der Waals surface area contributed by atoms with E-state index >= 15 is 0 Å². The third-order valence-electron chi connectivity index (χ3n) is 3.04. The topological polar surface area (TPSA) is 52.3 Å². The van der Waals surface area contributed by atoms with Crippen molar-refractivity contribution in [3.8, 4) is 5.88 Å². The van der Waals surface area contributed by atoms with E-state index in [1.807, 2.05) is 30.0 Å². The number of hydrogen-bond acceptors (Lipinski definition) is 5. The van der Waals surface area contributed by atoms with Crippen LogP contribution in [0.5, 0.6) is 5.88 Å². The van der Waals surface area contributed by atoms with Gasteiger partial charge in [-0.1, -0.05) is 6.92 Å². The van der Waals surface area contributed by atoms with Crippen molar-refractivity contribution in [1.29, 1.82) is 0 Å². The first kappa shape index (κ1) is 15.3. The number of ether oxygens (including phenoxy) is 1. The molecule has 0 fully saturated rings. The largest absolute Gasteiger partial charge is 0.473 e. The predicted octanol–water partition coefficient (Wildman–Crippen LogP) is 3.72. The van der Waals surface area contributed by atoms with E-state index in [1.165, 1.54) is 0 Å². The summed E-state index contributed by atoms with van der Waals surface area (Å²) in [5, 5.41) is 4.32. The zero-order valence-electron chi connectivity index (χ0n) is 12.1. The summed E-state index contributed by atoms with van der Waals surface area (Å²) in [5.41, 5.74) is 2.83. The second-order valence-corrected chi connectivity index (χ2v) is 6.72. The van der Waals surface area contributed by atoms with Crippen LogP contribution < -0.4 is 4.74 Å². The molecule has 3 aromatic rings. The fourth-order valence-electron chi connectivity index (χ4n) is 1.98. The van der Waals surface area contributed by atoms with Gasteiger partial charge in [-0.15, -0.1) is 0 Å². The van der Waals surface area contributed by atoms with Gasteiger partial charge in [0.25, 0.3) is 0 Å². The maximum Gasteiger partial charge on any atom is 0.218 e. The Hall–Kier alpha value is -1.60. The number of hydrogen-bond donors (Lipinski definition) is 0. The molecule has 114 valence electrons. The third kappa shape index (κ3) is 3.41. The number of fused-ring (bicyclic) bond motifs is 1. The minimum absolute atomic E-state index is 0.472. The van der Waals surface area contributed by atoms with Crippen molar-refractivity contribution in [2.45, 2.75) is 19.3 Å². The monoisotopic (exact) mass is 378 g/mol. The Morgan fingerprint density at radius 1 is 1.32 bits per heavy atom. The summed E-state index contributed by atoms with van der Waals surface area (Å²) in [6.45, 7) is 2.61. The van der Waals surface area contributed by atoms with Gasteiger partial charge in [0.05, 0.1) is 16.4 Å². The quantitative estimate of drug-likeness (QED) is 0.654. The molecule has 0 unspecified atom stereocenters. The van der Waals surface area contributed by atoms with Crippen LogP contribution in [0.3, 0.4) is 0 Å². The van der Waals surface area contributed by atoms with Gasteiger partial charge in [-0.2, -0.15) is 21.4 Å². The molecule has 5 nitrogen and oxygen atoms in total. The van der Waals surface area contributed by atoms with Gasteiger partial charge in [-0.25, -0.2) is 4.98 Å². The first-order valence-corrected chi connectivity index (χ1v) is 8.85. The summed E-state index contributed by atoms with van der Waals surface area (Å²) < 4.78 is 8.52. The van der Waals surface area contributed by atoms with Crippen molar-refractivity contribution < 1.29 is 4.74 Å². The van der Waals surface area contributed by atoms with Crippen LogP contribution in [-0.4, -0.2) is 25.3 Å². The van der Waals surface area contributed by atoms with Crippen LogP contribution in [0, 0.1) is 0 Å². The summed E-state index contributed by atoms with van der Waals surface area (Å²) in [6, 6.07) is 5.83. The van der Waals surface area contributed by atoms with Crippen LogP contribution in [0.2, 0.25) is 0 Å². The van der Waals surface area contributed by atoms with E-state index < -0.39 is 0 Å². The van der Waals surface area contributed by atoms with Crippen molar-refractivity contribution in [2.75, 3.05) is 5.75 Å². The third-order valence-corrected chi connectivity index (χ3v) is 4.51. The van der Waals surface area contributed by atoms with Gasteiger partial charge >= 0.3 is 0 Å². The molecule has 3 heterocycles. The Kier molecular flexibility index (Phi) is 4.94. The van der Waals surface area contributed by atoms with Crippen LogP contribution in [0.4, 0.5) is 0 Å². The fraction of sp³-hybridized carbons (Fsp3) is 0.267. The first-order chi connectivity index (χ1) is 10.8. The Balaban J connectivity index is 1.89. The molecule has 0 aromatic carbocycles. The maximum absolute atomic E-state index is 5.94. The molecule has 22 heavy (non-hydrogen) atoms. The van der Waals surface area contributed by atoms with Crippen LogP contribution in [0.1, 0.15) is 18.2 Å². The molecule has 0 radical (unpaired) electrons. The van der Waals surface area contributed by atoms with Crippen LogP contribution in [0.25, 0.3) is 5.65 Å². The van der Waals surface area contributed by atoms with Gasteiger partial charge < -0.3 is 4.74 Å². The lowest BCUT2D eigenvalue weighted by Gasteiger charge is -2.10. The molecule has 0 atom stereocenters. The zero-order valence-corrected chi connectivity index (χ0v) is 14.5. The molecule has 0 spiro atoms. The Morgan fingerprint density at radius 2 is 2.14 bits per heavy atom. The van der Waals surface area contributed by atoms with E-state index in [1.54, 1.807) is 23.1 Å². The molecule has 0 aliphatic carbocycles. The highest BCUT2D eigenvalue weighted by molar-refractivity contribution is 9.10. The minimum Gasteiger partial charge on any atom is -0.473 e. The molecular formula is C15H15BrN4OS. The normalized spacial score (nSPS) is 11.0. The lowest BCUT2D eigenvalue weighted by molar-refractivity contribution is 0.285. The van der Waals surface area contributed by atoms with E-state index in [-0.39, 0.29) is 0 Å². The lowest BCUT2D eigenvalue weighted by Crippen LogP contribution is -2.04. The Labute approximate surface area is 141 Å². The van der Waals surface area contributed by atoms with E-state index in [0.29, 0.717) is 12.5 Å². The summed E-state index contributed by atoms with van der Waals surface area (Å²) in [7, 11) is 0. The molecule has 0 bridgehead atoms. The molecule has 3 aromatic heterocycles. The molecule has 0 aliphatic rings. The smallest absolute Gasteiger partial charge is 0.218 e. The summed E-state index contributed by atoms with van der Waals surface area (Å²) in [4.78, 5) is 8.64. The van der Waals surface area contributed by atoms with Crippen molar-refractivity contribution in [3.63, 3.8) is 0 Å². The minimum atomic E-state index is 0.472. The average molecular weight is 379 g/mol.